The summed E-state index contributed by atoms with van der Waals surface area (Å²) in [5.74, 6) is -2.00. The maximum atomic E-state index is 13.3. The van der Waals surface area contributed by atoms with Gasteiger partial charge in [-0.2, -0.15) is 0 Å². The molecule has 0 unspecified atom stereocenters. The van der Waals surface area contributed by atoms with Gasteiger partial charge in [-0.3, -0.25) is 0 Å². The molecule has 1 aromatic carbocycles. The lowest BCUT2D eigenvalue weighted by Crippen LogP contribution is -2.05. The Morgan fingerprint density at radius 2 is 1.89 bits per heavy atom. The SMILES string of the molecule is Fc1cnc(NCc2cc(F)ccc2Br)c(F)c1. The number of aromatic nitrogens is 1. The number of hydrogen-bond acceptors (Lipinski definition) is 2. The highest BCUT2D eigenvalue weighted by molar-refractivity contribution is 9.10. The van der Waals surface area contributed by atoms with Crippen molar-refractivity contribution >= 4 is 21.7 Å². The van der Waals surface area contributed by atoms with E-state index in [9.17, 15) is 13.2 Å². The minimum atomic E-state index is -0.789. The van der Waals surface area contributed by atoms with Crippen LogP contribution in [0, 0.1) is 17.5 Å². The summed E-state index contributed by atoms with van der Waals surface area (Å²) in [6.07, 6.45) is 0.909. The van der Waals surface area contributed by atoms with E-state index < -0.39 is 11.6 Å². The normalized spacial score (nSPS) is 10.4. The van der Waals surface area contributed by atoms with Gasteiger partial charge < -0.3 is 5.32 Å². The van der Waals surface area contributed by atoms with Gasteiger partial charge in [-0.15, -0.1) is 0 Å². The van der Waals surface area contributed by atoms with Gasteiger partial charge in [0.05, 0.1) is 6.20 Å². The van der Waals surface area contributed by atoms with Crippen LogP contribution in [0.15, 0.2) is 34.9 Å². The molecule has 6 heteroatoms. The molecule has 0 atom stereocenters. The molecule has 0 saturated heterocycles. The zero-order valence-corrected chi connectivity index (χ0v) is 10.6. The molecule has 0 aliphatic heterocycles. The Balaban J connectivity index is 2.13. The van der Waals surface area contributed by atoms with Crippen LogP contribution in [-0.4, -0.2) is 4.98 Å². The molecule has 1 aromatic heterocycles. The van der Waals surface area contributed by atoms with Gasteiger partial charge in [-0.25, -0.2) is 18.2 Å². The first-order valence-electron chi connectivity index (χ1n) is 5.05. The molecule has 0 spiro atoms. The standard InChI is InChI=1S/C12H8BrF3N2/c13-10-2-1-8(14)3-7(10)5-17-12-11(16)4-9(15)6-18-12/h1-4,6H,5H2,(H,17,18). The van der Waals surface area contributed by atoms with Crippen molar-refractivity contribution < 1.29 is 13.2 Å². The van der Waals surface area contributed by atoms with Crippen molar-refractivity contribution in [3.63, 3.8) is 0 Å². The summed E-state index contributed by atoms with van der Waals surface area (Å²) >= 11 is 3.25. The molecule has 2 nitrogen and oxygen atoms in total. The van der Waals surface area contributed by atoms with Gasteiger partial charge >= 0.3 is 0 Å². The highest BCUT2D eigenvalue weighted by atomic mass is 79.9. The third-order valence-corrected chi connectivity index (χ3v) is 3.04. The second-order valence-corrected chi connectivity index (χ2v) is 4.43. The number of benzene rings is 1. The fourth-order valence-corrected chi connectivity index (χ4v) is 1.79. The molecule has 2 aromatic rings. The summed E-state index contributed by atoms with van der Waals surface area (Å²) in [6, 6.07) is 4.92. The zero-order chi connectivity index (χ0) is 13.1. The molecule has 94 valence electrons. The number of halogens is 4. The molecule has 1 heterocycles. The van der Waals surface area contributed by atoms with E-state index in [4.69, 9.17) is 0 Å². The Morgan fingerprint density at radius 1 is 1.11 bits per heavy atom. The second kappa shape index (κ2) is 5.39. The first kappa shape index (κ1) is 12.9. The molecular weight excluding hydrogens is 309 g/mol. The van der Waals surface area contributed by atoms with E-state index in [-0.39, 0.29) is 18.2 Å². The number of anilines is 1. The average Bonchev–Trinajstić information content (AvgIpc) is 2.32. The molecule has 0 bridgehead atoms. The van der Waals surface area contributed by atoms with Crippen LogP contribution in [0.2, 0.25) is 0 Å². The molecule has 1 N–H and O–H groups in total. The summed E-state index contributed by atoms with van der Waals surface area (Å²) in [6.45, 7) is 0.174. The molecule has 0 radical (unpaired) electrons. The maximum absolute atomic E-state index is 13.3. The minimum Gasteiger partial charge on any atom is -0.364 e. The Hall–Kier alpha value is -1.56. The Labute approximate surface area is 110 Å². The van der Waals surface area contributed by atoms with E-state index in [0.29, 0.717) is 10.0 Å². The van der Waals surface area contributed by atoms with Crippen LogP contribution < -0.4 is 5.32 Å². The van der Waals surface area contributed by atoms with E-state index in [2.05, 4.69) is 26.2 Å². The Bertz CT molecular complexity index is 575. The van der Waals surface area contributed by atoms with Crippen molar-refractivity contribution in [2.75, 3.05) is 5.32 Å². The molecule has 0 fully saturated rings. The van der Waals surface area contributed by atoms with Crippen molar-refractivity contribution in [3.8, 4) is 0 Å². The third kappa shape index (κ3) is 3.01. The highest BCUT2D eigenvalue weighted by Crippen LogP contribution is 2.19. The first-order valence-corrected chi connectivity index (χ1v) is 5.84. The van der Waals surface area contributed by atoms with E-state index in [1.807, 2.05) is 0 Å². The van der Waals surface area contributed by atoms with Crippen LogP contribution in [0.4, 0.5) is 19.0 Å². The Morgan fingerprint density at radius 3 is 2.61 bits per heavy atom. The summed E-state index contributed by atoms with van der Waals surface area (Å²) < 4.78 is 39.6. The minimum absolute atomic E-state index is 0.0763. The molecule has 0 aliphatic rings. The number of nitrogens with zero attached hydrogens (tertiary/aromatic N) is 1. The van der Waals surface area contributed by atoms with Gasteiger partial charge in [-0.05, 0) is 23.8 Å². The molecule has 0 amide bonds. The van der Waals surface area contributed by atoms with Gasteiger partial charge in [-0.1, -0.05) is 15.9 Å². The molecule has 2 rings (SSSR count). The lowest BCUT2D eigenvalue weighted by Gasteiger charge is -2.08. The summed E-state index contributed by atoms with van der Waals surface area (Å²) in [4.78, 5) is 3.57. The largest absolute Gasteiger partial charge is 0.364 e. The van der Waals surface area contributed by atoms with Crippen molar-refractivity contribution in [2.45, 2.75) is 6.54 Å². The fourth-order valence-electron chi connectivity index (χ4n) is 1.40. The zero-order valence-electron chi connectivity index (χ0n) is 9.05. The summed E-state index contributed by atoms with van der Waals surface area (Å²) in [5.41, 5.74) is 0.612. The van der Waals surface area contributed by atoms with Crippen molar-refractivity contribution in [1.29, 1.82) is 0 Å². The quantitative estimate of drug-likeness (QED) is 0.929. The monoisotopic (exact) mass is 316 g/mol. The fraction of sp³-hybridized carbons (Fsp3) is 0.0833. The summed E-state index contributed by atoms with van der Waals surface area (Å²) in [5, 5.41) is 2.68. The predicted molar refractivity (Wildman–Crippen MR) is 65.6 cm³/mol. The average molecular weight is 317 g/mol. The van der Waals surface area contributed by atoms with Crippen LogP contribution in [0.25, 0.3) is 0 Å². The number of rotatable bonds is 3. The topological polar surface area (TPSA) is 24.9 Å². The number of nitrogens with one attached hydrogen (secondary N) is 1. The lowest BCUT2D eigenvalue weighted by atomic mass is 10.2. The van der Waals surface area contributed by atoms with Crippen LogP contribution in [0.1, 0.15) is 5.56 Å². The van der Waals surface area contributed by atoms with E-state index in [0.717, 1.165) is 12.3 Å². The van der Waals surface area contributed by atoms with Gasteiger partial charge in [0.2, 0.25) is 0 Å². The summed E-state index contributed by atoms with van der Waals surface area (Å²) in [7, 11) is 0. The number of pyridine rings is 1. The molecule has 18 heavy (non-hydrogen) atoms. The van der Waals surface area contributed by atoms with Crippen LogP contribution in [0.3, 0.4) is 0 Å². The number of hydrogen-bond donors (Lipinski definition) is 1. The van der Waals surface area contributed by atoms with Gasteiger partial charge in [0, 0.05) is 17.1 Å². The van der Waals surface area contributed by atoms with Crippen LogP contribution in [0.5, 0.6) is 0 Å². The van der Waals surface area contributed by atoms with Gasteiger partial charge in [0.25, 0.3) is 0 Å². The van der Waals surface area contributed by atoms with Gasteiger partial charge in [0.1, 0.15) is 11.6 Å². The third-order valence-electron chi connectivity index (χ3n) is 2.26. The van der Waals surface area contributed by atoms with Crippen molar-refractivity contribution in [2.24, 2.45) is 0 Å². The maximum Gasteiger partial charge on any atom is 0.168 e. The van der Waals surface area contributed by atoms with E-state index >= 15 is 0 Å². The second-order valence-electron chi connectivity index (χ2n) is 3.57. The first-order chi connectivity index (χ1) is 8.56. The van der Waals surface area contributed by atoms with Crippen LogP contribution >= 0.6 is 15.9 Å². The van der Waals surface area contributed by atoms with Crippen LogP contribution in [-0.2, 0) is 6.54 Å². The lowest BCUT2D eigenvalue weighted by molar-refractivity contribution is 0.575. The molecule has 0 aliphatic carbocycles. The van der Waals surface area contributed by atoms with E-state index in [1.165, 1.54) is 12.1 Å². The van der Waals surface area contributed by atoms with Crippen molar-refractivity contribution in [3.05, 3.63) is 58.0 Å². The van der Waals surface area contributed by atoms with Gasteiger partial charge in [0.15, 0.2) is 11.6 Å². The highest BCUT2D eigenvalue weighted by Gasteiger charge is 2.07. The molecule has 0 saturated carbocycles. The molecular formula is C12H8BrF3N2. The van der Waals surface area contributed by atoms with E-state index in [1.54, 1.807) is 6.07 Å². The smallest absolute Gasteiger partial charge is 0.168 e. The van der Waals surface area contributed by atoms with Crippen molar-refractivity contribution in [1.82, 2.24) is 4.98 Å². The Kier molecular flexibility index (Phi) is 3.86. The predicted octanol–water partition coefficient (Wildman–Crippen LogP) is 3.87.